The van der Waals surface area contributed by atoms with Crippen molar-refractivity contribution in [1.82, 2.24) is 15.3 Å². The lowest BCUT2D eigenvalue weighted by molar-refractivity contribution is 0.517. The van der Waals surface area contributed by atoms with Gasteiger partial charge in [-0.25, -0.2) is 9.97 Å². The number of thiocarbonyl (C=S) groups is 1. The molecule has 0 aliphatic rings. The average Bonchev–Trinajstić information content (AvgIpc) is 2.35. The number of hydrogen-bond donors (Lipinski definition) is 2. The van der Waals surface area contributed by atoms with Gasteiger partial charge in [-0.2, -0.15) is 0 Å². The Morgan fingerprint density at radius 3 is 2.94 bits per heavy atom. The molecule has 1 unspecified atom stereocenters. The van der Waals surface area contributed by atoms with Crippen molar-refractivity contribution in [2.45, 2.75) is 32.9 Å². The van der Waals surface area contributed by atoms with Crippen molar-refractivity contribution in [2.24, 2.45) is 11.7 Å². The minimum atomic E-state index is -0.0816. The monoisotopic (exact) mass is 238 g/mol. The lowest BCUT2D eigenvalue weighted by Crippen LogP contribution is -2.43. The van der Waals surface area contributed by atoms with Gasteiger partial charge in [0, 0.05) is 6.20 Å². The summed E-state index contributed by atoms with van der Waals surface area (Å²) in [6, 6.07) is 1.77. The Hall–Kier alpha value is -1.07. The molecule has 1 aromatic heterocycles. The minimum absolute atomic E-state index is 0.0816. The molecule has 16 heavy (non-hydrogen) atoms. The first-order valence-corrected chi connectivity index (χ1v) is 5.84. The van der Waals surface area contributed by atoms with Crippen LogP contribution in [0.25, 0.3) is 0 Å². The molecule has 0 saturated heterocycles. The van der Waals surface area contributed by atoms with E-state index in [4.69, 9.17) is 18.0 Å². The SMILES string of the molecule is CCC(C)[C@H](N)C(=S)NCc1ccncn1. The summed E-state index contributed by atoms with van der Waals surface area (Å²) in [5, 5.41) is 3.13. The Labute approximate surface area is 102 Å². The van der Waals surface area contributed by atoms with E-state index in [1.165, 1.54) is 6.33 Å². The molecule has 2 atom stereocenters. The largest absolute Gasteiger partial charge is 0.373 e. The fourth-order valence-corrected chi connectivity index (χ4v) is 1.54. The smallest absolute Gasteiger partial charge is 0.115 e. The van der Waals surface area contributed by atoms with Gasteiger partial charge in [-0.05, 0) is 12.0 Å². The van der Waals surface area contributed by atoms with Crippen molar-refractivity contribution in [3.63, 3.8) is 0 Å². The zero-order chi connectivity index (χ0) is 12.0. The molecule has 0 bridgehead atoms. The third kappa shape index (κ3) is 3.83. The van der Waals surface area contributed by atoms with Gasteiger partial charge in [-0.15, -0.1) is 0 Å². The highest BCUT2D eigenvalue weighted by molar-refractivity contribution is 7.80. The fourth-order valence-electron chi connectivity index (χ4n) is 1.23. The first kappa shape index (κ1) is 13.0. The molecule has 3 N–H and O–H groups in total. The Bertz CT molecular complexity index is 328. The Morgan fingerprint density at radius 2 is 2.38 bits per heavy atom. The van der Waals surface area contributed by atoms with Crippen LogP contribution in [0.5, 0.6) is 0 Å². The standard InChI is InChI=1S/C11H18N4S/c1-3-8(2)10(12)11(16)14-6-9-4-5-13-7-15-9/h4-5,7-8,10H,3,6,12H2,1-2H3,(H,14,16)/t8?,10-/m0/s1. The second kappa shape index (κ2) is 6.50. The third-order valence-corrected chi connectivity index (χ3v) is 3.06. The summed E-state index contributed by atoms with van der Waals surface area (Å²) in [4.78, 5) is 8.66. The normalized spacial score (nSPS) is 14.2. The molecule has 0 aliphatic carbocycles. The van der Waals surface area contributed by atoms with E-state index in [0.29, 0.717) is 17.5 Å². The van der Waals surface area contributed by atoms with Crippen LogP contribution < -0.4 is 11.1 Å². The zero-order valence-corrected chi connectivity index (χ0v) is 10.5. The maximum atomic E-state index is 6.00. The van der Waals surface area contributed by atoms with Gasteiger partial charge >= 0.3 is 0 Å². The highest BCUT2D eigenvalue weighted by atomic mass is 32.1. The molecular weight excluding hydrogens is 220 g/mol. The van der Waals surface area contributed by atoms with E-state index in [1.54, 1.807) is 6.20 Å². The summed E-state index contributed by atoms with van der Waals surface area (Å²) in [5.41, 5.74) is 6.91. The van der Waals surface area contributed by atoms with Crippen LogP contribution >= 0.6 is 12.2 Å². The minimum Gasteiger partial charge on any atom is -0.373 e. The number of hydrogen-bond acceptors (Lipinski definition) is 4. The summed E-state index contributed by atoms with van der Waals surface area (Å²) >= 11 is 5.24. The summed E-state index contributed by atoms with van der Waals surface area (Å²) < 4.78 is 0. The van der Waals surface area contributed by atoms with Crippen LogP contribution in [0.1, 0.15) is 26.0 Å². The Balaban J connectivity index is 2.41. The molecular formula is C11H18N4S. The van der Waals surface area contributed by atoms with E-state index < -0.39 is 0 Å². The maximum Gasteiger partial charge on any atom is 0.115 e. The van der Waals surface area contributed by atoms with Gasteiger partial charge in [0.2, 0.25) is 0 Å². The molecule has 0 aromatic carbocycles. The topological polar surface area (TPSA) is 63.8 Å². The molecule has 0 amide bonds. The number of nitrogens with one attached hydrogen (secondary N) is 1. The Morgan fingerprint density at radius 1 is 1.62 bits per heavy atom. The highest BCUT2D eigenvalue weighted by Crippen LogP contribution is 2.06. The van der Waals surface area contributed by atoms with Crippen LogP contribution in [0.15, 0.2) is 18.6 Å². The molecule has 0 spiro atoms. The van der Waals surface area contributed by atoms with Crippen LogP contribution in [0.3, 0.4) is 0 Å². The summed E-state index contributed by atoms with van der Waals surface area (Å²) in [6.45, 7) is 4.81. The van der Waals surface area contributed by atoms with Gasteiger partial charge in [-0.3, -0.25) is 0 Å². The van der Waals surface area contributed by atoms with Crippen LogP contribution in [0.4, 0.5) is 0 Å². The molecule has 0 saturated carbocycles. The van der Waals surface area contributed by atoms with E-state index in [-0.39, 0.29) is 6.04 Å². The second-order valence-electron chi connectivity index (χ2n) is 3.83. The van der Waals surface area contributed by atoms with Crippen molar-refractivity contribution in [3.8, 4) is 0 Å². The molecule has 0 radical (unpaired) electrons. The fraction of sp³-hybridized carbons (Fsp3) is 0.545. The van der Waals surface area contributed by atoms with Crippen molar-refractivity contribution in [2.75, 3.05) is 0 Å². The lowest BCUT2D eigenvalue weighted by Gasteiger charge is -2.20. The van der Waals surface area contributed by atoms with E-state index in [2.05, 4.69) is 29.1 Å². The average molecular weight is 238 g/mol. The van der Waals surface area contributed by atoms with Crippen molar-refractivity contribution < 1.29 is 0 Å². The molecule has 0 fully saturated rings. The first-order valence-electron chi connectivity index (χ1n) is 5.43. The maximum absolute atomic E-state index is 6.00. The quantitative estimate of drug-likeness (QED) is 0.756. The van der Waals surface area contributed by atoms with Gasteiger partial charge in [0.1, 0.15) is 6.33 Å². The van der Waals surface area contributed by atoms with Gasteiger partial charge in [0.05, 0.1) is 23.3 Å². The van der Waals surface area contributed by atoms with Crippen molar-refractivity contribution in [1.29, 1.82) is 0 Å². The van der Waals surface area contributed by atoms with Gasteiger partial charge in [0.25, 0.3) is 0 Å². The molecule has 4 nitrogen and oxygen atoms in total. The summed E-state index contributed by atoms with van der Waals surface area (Å²) in [7, 11) is 0. The number of nitrogens with two attached hydrogens (primary N) is 1. The molecule has 5 heteroatoms. The number of rotatable bonds is 5. The Kier molecular flexibility index (Phi) is 5.28. The van der Waals surface area contributed by atoms with E-state index in [9.17, 15) is 0 Å². The molecule has 1 aromatic rings. The third-order valence-electron chi connectivity index (χ3n) is 2.65. The highest BCUT2D eigenvalue weighted by Gasteiger charge is 2.15. The number of aromatic nitrogens is 2. The van der Waals surface area contributed by atoms with Crippen LogP contribution in [-0.4, -0.2) is 21.0 Å². The second-order valence-corrected chi connectivity index (χ2v) is 4.27. The summed E-state index contributed by atoms with van der Waals surface area (Å²) in [5.74, 6) is 0.394. The van der Waals surface area contributed by atoms with Crippen LogP contribution in [-0.2, 0) is 6.54 Å². The van der Waals surface area contributed by atoms with Crippen LogP contribution in [0.2, 0.25) is 0 Å². The predicted molar refractivity (Wildman–Crippen MR) is 68.9 cm³/mol. The molecule has 88 valence electrons. The first-order chi connectivity index (χ1) is 7.65. The lowest BCUT2D eigenvalue weighted by atomic mass is 10.00. The van der Waals surface area contributed by atoms with Crippen molar-refractivity contribution in [3.05, 3.63) is 24.3 Å². The van der Waals surface area contributed by atoms with E-state index in [0.717, 1.165) is 12.1 Å². The zero-order valence-electron chi connectivity index (χ0n) is 9.68. The number of nitrogens with zero attached hydrogens (tertiary/aromatic N) is 2. The molecule has 1 heterocycles. The van der Waals surface area contributed by atoms with Gasteiger partial charge in [-0.1, -0.05) is 32.5 Å². The van der Waals surface area contributed by atoms with E-state index >= 15 is 0 Å². The molecule has 0 aliphatic heterocycles. The predicted octanol–water partition coefficient (Wildman–Crippen LogP) is 1.27. The van der Waals surface area contributed by atoms with Gasteiger partial charge in [0.15, 0.2) is 0 Å². The van der Waals surface area contributed by atoms with Crippen molar-refractivity contribution >= 4 is 17.2 Å². The van der Waals surface area contributed by atoms with E-state index in [1.807, 2.05) is 6.07 Å². The molecule has 1 rings (SSSR count). The summed E-state index contributed by atoms with van der Waals surface area (Å²) in [6.07, 6.45) is 4.26. The van der Waals surface area contributed by atoms with Crippen LogP contribution in [0, 0.1) is 5.92 Å². The van der Waals surface area contributed by atoms with Gasteiger partial charge < -0.3 is 11.1 Å².